The van der Waals surface area contributed by atoms with Crippen molar-refractivity contribution < 1.29 is 4.79 Å². The predicted octanol–water partition coefficient (Wildman–Crippen LogP) is 2.36. The van der Waals surface area contributed by atoms with Crippen LogP contribution >= 0.6 is 0 Å². The van der Waals surface area contributed by atoms with E-state index in [0.717, 1.165) is 56.0 Å². The van der Waals surface area contributed by atoms with Crippen LogP contribution in [0.3, 0.4) is 0 Å². The van der Waals surface area contributed by atoms with E-state index in [1.165, 1.54) is 0 Å². The topological polar surface area (TPSA) is 63.1 Å². The standard InChI is InChI=1S/C16H23N5O/c1-3-8-18-16(22)20-10-7-12(11-20)14-19-13-6-5-9-17-15(13)21(14)4-2/h5-6,9,12H,3-4,7-8,10-11H2,1-2H3,(H,18,22)/t12-/m1/s1. The number of aromatic nitrogens is 3. The molecule has 0 unspecified atom stereocenters. The molecule has 0 saturated carbocycles. The van der Waals surface area contributed by atoms with E-state index in [1.807, 2.05) is 17.0 Å². The zero-order valence-electron chi connectivity index (χ0n) is 13.2. The minimum atomic E-state index is 0.0432. The van der Waals surface area contributed by atoms with Crippen molar-refractivity contribution in [2.24, 2.45) is 0 Å². The van der Waals surface area contributed by atoms with Crippen LogP contribution in [0, 0.1) is 0 Å². The number of rotatable bonds is 4. The highest BCUT2D eigenvalue weighted by atomic mass is 16.2. The molecule has 0 aromatic carbocycles. The minimum Gasteiger partial charge on any atom is -0.338 e. The van der Waals surface area contributed by atoms with Crippen LogP contribution in [0.5, 0.6) is 0 Å². The Morgan fingerprint density at radius 2 is 2.32 bits per heavy atom. The summed E-state index contributed by atoms with van der Waals surface area (Å²) >= 11 is 0. The molecule has 2 amide bonds. The Morgan fingerprint density at radius 1 is 1.45 bits per heavy atom. The van der Waals surface area contributed by atoms with Crippen LogP contribution in [0.2, 0.25) is 0 Å². The molecule has 3 rings (SSSR count). The highest BCUT2D eigenvalue weighted by Crippen LogP contribution is 2.28. The maximum atomic E-state index is 12.1. The number of carbonyl (C=O) groups is 1. The molecule has 118 valence electrons. The van der Waals surface area contributed by atoms with Crippen molar-refractivity contribution in [3.8, 4) is 0 Å². The molecule has 22 heavy (non-hydrogen) atoms. The number of aryl methyl sites for hydroxylation is 1. The first-order valence-electron chi connectivity index (χ1n) is 8.08. The third kappa shape index (κ3) is 2.65. The van der Waals surface area contributed by atoms with E-state index in [1.54, 1.807) is 6.20 Å². The largest absolute Gasteiger partial charge is 0.338 e. The second-order valence-corrected chi connectivity index (χ2v) is 5.72. The number of hydrogen-bond acceptors (Lipinski definition) is 3. The monoisotopic (exact) mass is 301 g/mol. The number of pyridine rings is 1. The number of amides is 2. The van der Waals surface area contributed by atoms with Crippen LogP contribution in [0.25, 0.3) is 11.2 Å². The third-order valence-electron chi connectivity index (χ3n) is 4.22. The lowest BCUT2D eigenvalue weighted by Crippen LogP contribution is -2.38. The summed E-state index contributed by atoms with van der Waals surface area (Å²) < 4.78 is 2.17. The fraction of sp³-hybridized carbons (Fsp3) is 0.562. The molecule has 1 N–H and O–H groups in total. The summed E-state index contributed by atoms with van der Waals surface area (Å²) in [6.45, 7) is 7.28. The molecule has 1 aliphatic heterocycles. The Hall–Kier alpha value is -2.11. The van der Waals surface area contributed by atoms with Gasteiger partial charge in [0.1, 0.15) is 11.3 Å². The number of nitrogens with zero attached hydrogens (tertiary/aromatic N) is 4. The molecule has 2 aromatic rings. The molecule has 1 atom stereocenters. The van der Waals surface area contributed by atoms with Crippen LogP contribution < -0.4 is 5.32 Å². The van der Waals surface area contributed by atoms with E-state index in [2.05, 4.69) is 28.7 Å². The first-order valence-corrected chi connectivity index (χ1v) is 8.08. The molecular formula is C16H23N5O. The lowest BCUT2D eigenvalue weighted by atomic mass is 10.1. The van der Waals surface area contributed by atoms with Crippen molar-refractivity contribution >= 4 is 17.2 Å². The summed E-state index contributed by atoms with van der Waals surface area (Å²) in [7, 11) is 0. The summed E-state index contributed by atoms with van der Waals surface area (Å²) in [5, 5.41) is 2.95. The Balaban J connectivity index is 1.79. The maximum absolute atomic E-state index is 12.1. The second kappa shape index (κ2) is 6.34. The summed E-state index contributed by atoms with van der Waals surface area (Å²) in [6, 6.07) is 3.96. The quantitative estimate of drug-likeness (QED) is 0.943. The smallest absolute Gasteiger partial charge is 0.317 e. The van der Waals surface area contributed by atoms with Crippen LogP contribution in [-0.2, 0) is 6.54 Å². The fourth-order valence-corrected chi connectivity index (χ4v) is 3.10. The lowest BCUT2D eigenvalue weighted by molar-refractivity contribution is 0.208. The van der Waals surface area contributed by atoms with Crippen molar-refractivity contribution in [2.45, 2.75) is 39.2 Å². The van der Waals surface area contributed by atoms with Crippen molar-refractivity contribution in [3.05, 3.63) is 24.2 Å². The third-order valence-corrected chi connectivity index (χ3v) is 4.22. The first kappa shape index (κ1) is 14.8. The molecule has 3 heterocycles. The van der Waals surface area contributed by atoms with Gasteiger partial charge in [-0.3, -0.25) is 0 Å². The van der Waals surface area contributed by atoms with E-state index >= 15 is 0 Å². The highest BCUT2D eigenvalue weighted by Gasteiger charge is 2.30. The Morgan fingerprint density at radius 3 is 3.09 bits per heavy atom. The molecule has 6 heteroatoms. The maximum Gasteiger partial charge on any atom is 0.317 e. The lowest BCUT2D eigenvalue weighted by Gasteiger charge is -2.17. The van der Waals surface area contributed by atoms with Gasteiger partial charge in [-0.15, -0.1) is 0 Å². The van der Waals surface area contributed by atoms with E-state index in [9.17, 15) is 4.79 Å². The molecule has 0 aliphatic carbocycles. The van der Waals surface area contributed by atoms with Gasteiger partial charge in [-0.25, -0.2) is 14.8 Å². The van der Waals surface area contributed by atoms with Gasteiger partial charge < -0.3 is 14.8 Å². The zero-order valence-corrected chi connectivity index (χ0v) is 13.2. The van der Waals surface area contributed by atoms with Crippen LogP contribution in [0.15, 0.2) is 18.3 Å². The van der Waals surface area contributed by atoms with Crippen molar-refractivity contribution in [2.75, 3.05) is 19.6 Å². The average molecular weight is 301 g/mol. The molecular weight excluding hydrogens is 278 g/mol. The SMILES string of the molecule is CCCNC(=O)N1CC[C@@H](c2nc3cccnc3n2CC)C1. The van der Waals surface area contributed by atoms with Crippen molar-refractivity contribution in [1.29, 1.82) is 0 Å². The molecule has 1 aliphatic rings. The van der Waals surface area contributed by atoms with Gasteiger partial charge in [-0.1, -0.05) is 6.92 Å². The number of fused-ring (bicyclic) bond motifs is 1. The van der Waals surface area contributed by atoms with Gasteiger partial charge in [-0.05, 0) is 31.9 Å². The van der Waals surface area contributed by atoms with Gasteiger partial charge in [0.15, 0.2) is 5.65 Å². The van der Waals surface area contributed by atoms with Gasteiger partial charge in [-0.2, -0.15) is 0 Å². The fourth-order valence-electron chi connectivity index (χ4n) is 3.10. The van der Waals surface area contributed by atoms with E-state index in [-0.39, 0.29) is 6.03 Å². The van der Waals surface area contributed by atoms with Crippen LogP contribution in [0.4, 0.5) is 4.79 Å². The van der Waals surface area contributed by atoms with Gasteiger partial charge in [0.05, 0.1) is 0 Å². The molecule has 0 bridgehead atoms. The average Bonchev–Trinajstić information content (AvgIpc) is 3.16. The number of imidazole rings is 1. The number of nitrogens with one attached hydrogen (secondary N) is 1. The van der Waals surface area contributed by atoms with E-state index in [4.69, 9.17) is 4.98 Å². The summed E-state index contributed by atoms with van der Waals surface area (Å²) in [5.74, 6) is 1.35. The minimum absolute atomic E-state index is 0.0432. The van der Waals surface area contributed by atoms with Crippen molar-refractivity contribution in [3.63, 3.8) is 0 Å². The van der Waals surface area contributed by atoms with E-state index in [0.29, 0.717) is 5.92 Å². The van der Waals surface area contributed by atoms with Gasteiger partial charge in [0, 0.05) is 38.3 Å². The van der Waals surface area contributed by atoms with Gasteiger partial charge >= 0.3 is 6.03 Å². The van der Waals surface area contributed by atoms with Crippen LogP contribution in [-0.4, -0.2) is 45.1 Å². The Bertz CT molecular complexity index is 666. The van der Waals surface area contributed by atoms with Gasteiger partial charge in [0.2, 0.25) is 0 Å². The number of urea groups is 1. The molecule has 0 spiro atoms. The molecule has 1 saturated heterocycles. The van der Waals surface area contributed by atoms with E-state index < -0.39 is 0 Å². The predicted molar refractivity (Wildman–Crippen MR) is 85.8 cm³/mol. The highest BCUT2D eigenvalue weighted by molar-refractivity contribution is 5.75. The second-order valence-electron chi connectivity index (χ2n) is 5.72. The van der Waals surface area contributed by atoms with Gasteiger partial charge in [0.25, 0.3) is 0 Å². The summed E-state index contributed by atoms with van der Waals surface area (Å²) in [4.78, 5) is 23.2. The summed E-state index contributed by atoms with van der Waals surface area (Å²) in [5.41, 5.74) is 1.88. The number of hydrogen-bond donors (Lipinski definition) is 1. The molecule has 6 nitrogen and oxygen atoms in total. The molecule has 1 fully saturated rings. The first-order chi connectivity index (χ1) is 10.7. The molecule has 2 aromatic heterocycles. The Labute approximate surface area is 130 Å². The number of carbonyl (C=O) groups excluding carboxylic acids is 1. The zero-order chi connectivity index (χ0) is 15.5. The number of likely N-dealkylation sites (tertiary alicyclic amines) is 1. The Kier molecular flexibility index (Phi) is 4.27. The summed E-state index contributed by atoms with van der Waals surface area (Å²) in [6.07, 6.45) is 3.72. The normalized spacial score (nSPS) is 18.1. The van der Waals surface area contributed by atoms with Crippen LogP contribution in [0.1, 0.15) is 38.4 Å². The van der Waals surface area contributed by atoms with Crippen molar-refractivity contribution in [1.82, 2.24) is 24.8 Å². The molecule has 0 radical (unpaired) electrons.